The highest BCUT2D eigenvalue weighted by Gasteiger charge is 2.22. The van der Waals surface area contributed by atoms with E-state index in [1.165, 1.54) is 0 Å². The molecule has 108 valence electrons. The summed E-state index contributed by atoms with van der Waals surface area (Å²) in [5, 5.41) is 2.55. The summed E-state index contributed by atoms with van der Waals surface area (Å²) in [7, 11) is 0. The summed E-state index contributed by atoms with van der Waals surface area (Å²) < 4.78 is 5.08. The number of aldehydes is 1. The van der Waals surface area contributed by atoms with E-state index in [-0.39, 0.29) is 5.41 Å². The van der Waals surface area contributed by atoms with Gasteiger partial charge in [-0.1, -0.05) is 34.6 Å². The Morgan fingerprint density at radius 2 is 1.61 bits per heavy atom. The highest BCUT2D eigenvalue weighted by atomic mass is 16.6. The molecule has 0 aliphatic rings. The van der Waals surface area contributed by atoms with E-state index in [9.17, 15) is 9.59 Å². The van der Waals surface area contributed by atoms with Crippen LogP contribution in [0.15, 0.2) is 0 Å². The minimum absolute atomic E-state index is 0.0133. The standard InChI is InChI=1S/C12H23NO3.C2H6/c1-11(2,3)7-9(8-14)13-10(15)16-12(4,5)6;1-2/h8-9H,7H2,1-6H3,(H,13,15);1-2H3. The molecule has 0 saturated heterocycles. The molecule has 1 amide bonds. The molecule has 0 aromatic carbocycles. The minimum Gasteiger partial charge on any atom is -0.444 e. The molecule has 0 heterocycles. The number of ether oxygens (including phenoxy) is 1. The molecular weight excluding hydrogens is 230 g/mol. The zero-order valence-corrected chi connectivity index (χ0v) is 13.1. The van der Waals surface area contributed by atoms with Gasteiger partial charge in [0.05, 0.1) is 6.04 Å². The lowest BCUT2D eigenvalue weighted by atomic mass is 9.88. The molecule has 0 radical (unpaired) electrons. The maximum absolute atomic E-state index is 11.4. The van der Waals surface area contributed by atoms with Gasteiger partial charge in [-0.2, -0.15) is 0 Å². The summed E-state index contributed by atoms with van der Waals surface area (Å²) in [5.41, 5.74) is -0.556. The van der Waals surface area contributed by atoms with E-state index in [0.29, 0.717) is 6.42 Å². The molecule has 0 saturated carbocycles. The summed E-state index contributed by atoms with van der Waals surface area (Å²) in [6, 6.07) is -0.491. The van der Waals surface area contributed by atoms with Crippen molar-refractivity contribution in [3.63, 3.8) is 0 Å². The average Bonchev–Trinajstić information content (AvgIpc) is 2.14. The number of hydrogen-bond acceptors (Lipinski definition) is 3. The van der Waals surface area contributed by atoms with E-state index in [4.69, 9.17) is 4.74 Å². The minimum atomic E-state index is -0.547. The summed E-state index contributed by atoms with van der Waals surface area (Å²) in [6.07, 6.45) is 0.791. The molecular formula is C14H29NO3. The average molecular weight is 259 g/mol. The van der Waals surface area contributed by atoms with E-state index >= 15 is 0 Å². The van der Waals surface area contributed by atoms with Crippen molar-refractivity contribution in [1.29, 1.82) is 0 Å². The van der Waals surface area contributed by atoms with Crippen LogP contribution in [-0.2, 0) is 9.53 Å². The molecule has 1 unspecified atom stereocenters. The Bertz CT molecular complexity index is 249. The Labute approximate surface area is 111 Å². The molecule has 18 heavy (non-hydrogen) atoms. The zero-order chi connectivity index (χ0) is 15.0. The lowest BCUT2D eigenvalue weighted by Gasteiger charge is -2.25. The number of alkyl carbamates (subject to hydrolysis) is 1. The van der Waals surface area contributed by atoms with Gasteiger partial charge in [-0.15, -0.1) is 0 Å². The summed E-state index contributed by atoms with van der Waals surface area (Å²) in [6.45, 7) is 15.4. The topological polar surface area (TPSA) is 55.4 Å². The third-order valence-electron chi connectivity index (χ3n) is 1.70. The normalized spacial score (nSPS) is 12.9. The fraction of sp³-hybridized carbons (Fsp3) is 0.857. The van der Waals surface area contributed by atoms with Gasteiger partial charge in [0.15, 0.2) is 0 Å². The van der Waals surface area contributed by atoms with E-state index in [1.807, 2.05) is 34.6 Å². The van der Waals surface area contributed by atoms with Gasteiger partial charge in [0.2, 0.25) is 0 Å². The second-order valence-electron chi connectivity index (χ2n) is 6.15. The van der Waals surface area contributed by atoms with Crippen molar-refractivity contribution in [2.45, 2.75) is 73.5 Å². The first-order chi connectivity index (χ1) is 8.03. The van der Waals surface area contributed by atoms with Gasteiger partial charge in [0, 0.05) is 0 Å². The summed E-state index contributed by atoms with van der Waals surface area (Å²) in [5.74, 6) is 0. The fourth-order valence-electron chi connectivity index (χ4n) is 1.25. The van der Waals surface area contributed by atoms with Crippen LogP contribution < -0.4 is 5.32 Å². The number of amides is 1. The summed E-state index contributed by atoms with van der Waals surface area (Å²) >= 11 is 0. The fourth-order valence-corrected chi connectivity index (χ4v) is 1.25. The van der Waals surface area contributed by atoms with Crippen molar-refractivity contribution in [3.8, 4) is 0 Å². The van der Waals surface area contributed by atoms with Gasteiger partial charge in [0.25, 0.3) is 0 Å². The molecule has 0 rings (SSSR count). The summed E-state index contributed by atoms with van der Waals surface area (Å²) in [4.78, 5) is 22.2. The van der Waals surface area contributed by atoms with E-state index < -0.39 is 17.7 Å². The molecule has 0 aromatic heterocycles. The molecule has 0 fully saturated rings. The molecule has 4 nitrogen and oxygen atoms in total. The van der Waals surface area contributed by atoms with Crippen molar-refractivity contribution < 1.29 is 14.3 Å². The van der Waals surface area contributed by atoms with Crippen molar-refractivity contribution >= 4 is 12.4 Å². The smallest absolute Gasteiger partial charge is 0.408 e. The maximum atomic E-state index is 11.4. The highest BCUT2D eigenvalue weighted by Crippen LogP contribution is 2.20. The lowest BCUT2D eigenvalue weighted by Crippen LogP contribution is -2.41. The molecule has 0 spiro atoms. The second-order valence-corrected chi connectivity index (χ2v) is 6.15. The van der Waals surface area contributed by atoms with Gasteiger partial charge in [0.1, 0.15) is 11.9 Å². The van der Waals surface area contributed by atoms with Crippen LogP contribution in [0, 0.1) is 5.41 Å². The van der Waals surface area contributed by atoms with Crippen LogP contribution in [0.2, 0.25) is 0 Å². The number of rotatable bonds is 3. The molecule has 4 heteroatoms. The van der Waals surface area contributed by atoms with Gasteiger partial charge in [-0.25, -0.2) is 4.79 Å². The Morgan fingerprint density at radius 1 is 1.17 bits per heavy atom. The molecule has 0 aromatic rings. The number of hydrogen-bond donors (Lipinski definition) is 1. The number of carbonyl (C=O) groups excluding carboxylic acids is 2. The van der Waals surface area contributed by atoms with Crippen LogP contribution in [0.3, 0.4) is 0 Å². The predicted molar refractivity (Wildman–Crippen MR) is 74.6 cm³/mol. The molecule has 0 bridgehead atoms. The predicted octanol–water partition coefficient (Wildman–Crippen LogP) is 3.54. The Hall–Kier alpha value is -1.06. The third-order valence-corrected chi connectivity index (χ3v) is 1.70. The number of nitrogens with one attached hydrogen (secondary N) is 1. The highest BCUT2D eigenvalue weighted by molar-refractivity contribution is 5.73. The van der Waals surface area contributed by atoms with E-state index in [2.05, 4.69) is 5.32 Å². The largest absolute Gasteiger partial charge is 0.444 e. The molecule has 1 N–H and O–H groups in total. The molecule has 1 atom stereocenters. The van der Waals surface area contributed by atoms with Crippen LogP contribution in [-0.4, -0.2) is 24.0 Å². The Morgan fingerprint density at radius 3 is 1.89 bits per heavy atom. The first kappa shape index (κ1) is 19.3. The quantitative estimate of drug-likeness (QED) is 0.789. The van der Waals surface area contributed by atoms with Crippen molar-refractivity contribution in [2.24, 2.45) is 5.41 Å². The first-order valence-corrected chi connectivity index (χ1v) is 6.48. The van der Waals surface area contributed by atoms with Gasteiger partial charge < -0.3 is 14.8 Å². The first-order valence-electron chi connectivity index (χ1n) is 6.48. The van der Waals surface area contributed by atoms with Crippen LogP contribution in [0.4, 0.5) is 4.79 Å². The van der Waals surface area contributed by atoms with Crippen molar-refractivity contribution in [1.82, 2.24) is 5.32 Å². The van der Waals surface area contributed by atoms with Crippen molar-refractivity contribution in [3.05, 3.63) is 0 Å². The monoisotopic (exact) mass is 259 g/mol. The van der Waals surface area contributed by atoms with Gasteiger partial charge >= 0.3 is 6.09 Å². The Balaban J connectivity index is 0. The SMILES string of the molecule is CC.CC(C)(C)CC(C=O)NC(=O)OC(C)(C)C. The molecule has 0 aliphatic heterocycles. The van der Waals surface area contributed by atoms with Gasteiger partial charge in [-0.3, -0.25) is 0 Å². The van der Waals surface area contributed by atoms with Crippen LogP contribution >= 0.6 is 0 Å². The number of carbonyl (C=O) groups is 2. The van der Waals surface area contributed by atoms with Crippen LogP contribution in [0.5, 0.6) is 0 Å². The maximum Gasteiger partial charge on any atom is 0.408 e. The van der Waals surface area contributed by atoms with E-state index in [0.717, 1.165) is 6.29 Å². The second kappa shape index (κ2) is 8.11. The van der Waals surface area contributed by atoms with E-state index in [1.54, 1.807) is 20.8 Å². The van der Waals surface area contributed by atoms with Gasteiger partial charge in [-0.05, 0) is 32.6 Å². The molecule has 0 aliphatic carbocycles. The lowest BCUT2D eigenvalue weighted by molar-refractivity contribution is -0.110. The third kappa shape index (κ3) is 13.0. The zero-order valence-electron chi connectivity index (χ0n) is 13.1. The van der Waals surface area contributed by atoms with Crippen LogP contribution in [0.25, 0.3) is 0 Å². The van der Waals surface area contributed by atoms with Crippen molar-refractivity contribution in [2.75, 3.05) is 0 Å². The Kier molecular flexibility index (Phi) is 8.69. The van der Waals surface area contributed by atoms with Crippen LogP contribution in [0.1, 0.15) is 61.8 Å².